The second-order valence-corrected chi connectivity index (χ2v) is 4.30. The molecule has 0 saturated carbocycles. The molecule has 2 rings (SSSR count). The van der Waals surface area contributed by atoms with Crippen LogP contribution in [-0.2, 0) is 0 Å². The molecular weight excluding hydrogens is 214 g/mol. The molecule has 1 saturated heterocycles. The summed E-state index contributed by atoms with van der Waals surface area (Å²) in [6.07, 6.45) is 3.76. The monoisotopic (exact) mass is 235 g/mol. The summed E-state index contributed by atoms with van der Waals surface area (Å²) in [5, 5.41) is 6.83. The second-order valence-electron chi connectivity index (χ2n) is 4.30. The van der Waals surface area contributed by atoms with Gasteiger partial charge >= 0.3 is 0 Å². The Kier molecular flexibility index (Phi) is 4.62. The zero-order chi connectivity index (χ0) is 11.9. The van der Waals surface area contributed by atoms with Crippen LogP contribution >= 0.6 is 0 Å². The van der Waals surface area contributed by atoms with E-state index in [1.54, 1.807) is 0 Å². The van der Waals surface area contributed by atoms with Crippen LogP contribution < -0.4 is 15.4 Å². The van der Waals surface area contributed by atoms with Crippen molar-refractivity contribution >= 4 is 5.82 Å². The van der Waals surface area contributed by atoms with E-state index < -0.39 is 0 Å². The minimum atomic E-state index is 0.655. The van der Waals surface area contributed by atoms with E-state index in [2.05, 4.69) is 15.6 Å². The van der Waals surface area contributed by atoms with Gasteiger partial charge in [0.05, 0.1) is 6.61 Å². The van der Waals surface area contributed by atoms with Crippen LogP contribution in [0.5, 0.6) is 5.88 Å². The van der Waals surface area contributed by atoms with E-state index in [-0.39, 0.29) is 0 Å². The molecule has 4 heteroatoms. The van der Waals surface area contributed by atoms with Crippen molar-refractivity contribution < 1.29 is 4.74 Å². The largest absolute Gasteiger partial charge is 0.478 e. The van der Waals surface area contributed by atoms with Gasteiger partial charge in [-0.05, 0) is 38.8 Å². The van der Waals surface area contributed by atoms with E-state index in [1.807, 2.05) is 25.1 Å². The van der Waals surface area contributed by atoms with Crippen molar-refractivity contribution in [2.45, 2.75) is 32.2 Å². The Bertz CT molecular complexity index is 337. The predicted molar refractivity (Wildman–Crippen MR) is 69.5 cm³/mol. The summed E-state index contributed by atoms with van der Waals surface area (Å²) >= 11 is 0. The minimum absolute atomic E-state index is 0.655. The molecule has 2 N–H and O–H groups in total. The van der Waals surface area contributed by atoms with Crippen molar-refractivity contribution in [2.24, 2.45) is 0 Å². The molecule has 4 nitrogen and oxygen atoms in total. The van der Waals surface area contributed by atoms with Crippen LogP contribution in [0.15, 0.2) is 18.2 Å². The number of rotatable bonds is 6. The zero-order valence-corrected chi connectivity index (χ0v) is 10.4. The summed E-state index contributed by atoms with van der Waals surface area (Å²) in [6.45, 7) is 4.75. The van der Waals surface area contributed by atoms with Crippen LogP contribution in [0.2, 0.25) is 0 Å². The Hall–Kier alpha value is -1.29. The van der Waals surface area contributed by atoms with Gasteiger partial charge in [0.2, 0.25) is 5.88 Å². The van der Waals surface area contributed by atoms with E-state index in [4.69, 9.17) is 4.74 Å². The molecule has 2 heterocycles. The Labute approximate surface area is 103 Å². The molecule has 0 amide bonds. The van der Waals surface area contributed by atoms with Crippen LogP contribution in [0.4, 0.5) is 5.82 Å². The normalized spacial score (nSPS) is 19.2. The third kappa shape index (κ3) is 3.89. The number of hydrogen-bond donors (Lipinski definition) is 2. The van der Waals surface area contributed by atoms with E-state index in [0.29, 0.717) is 18.5 Å². The summed E-state index contributed by atoms with van der Waals surface area (Å²) in [7, 11) is 0. The van der Waals surface area contributed by atoms with Gasteiger partial charge in [0.25, 0.3) is 0 Å². The molecule has 0 radical (unpaired) electrons. The molecule has 0 aromatic carbocycles. The summed E-state index contributed by atoms with van der Waals surface area (Å²) in [5.41, 5.74) is 0. The van der Waals surface area contributed by atoms with Gasteiger partial charge in [0.15, 0.2) is 0 Å². The molecule has 94 valence electrons. The zero-order valence-electron chi connectivity index (χ0n) is 10.4. The van der Waals surface area contributed by atoms with Gasteiger partial charge in [0.1, 0.15) is 5.82 Å². The smallest absolute Gasteiger partial charge is 0.215 e. The van der Waals surface area contributed by atoms with Gasteiger partial charge in [-0.15, -0.1) is 0 Å². The molecule has 1 atom stereocenters. The van der Waals surface area contributed by atoms with Crippen molar-refractivity contribution in [3.05, 3.63) is 18.2 Å². The highest BCUT2D eigenvalue weighted by atomic mass is 16.5. The van der Waals surface area contributed by atoms with Crippen LogP contribution in [0, 0.1) is 0 Å². The van der Waals surface area contributed by atoms with Crippen LogP contribution in [0.3, 0.4) is 0 Å². The van der Waals surface area contributed by atoms with Crippen LogP contribution in [-0.4, -0.2) is 30.7 Å². The summed E-state index contributed by atoms with van der Waals surface area (Å²) in [6, 6.07) is 6.50. The number of aromatic nitrogens is 1. The lowest BCUT2D eigenvalue weighted by atomic mass is 10.1. The fourth-order valence-corrected chi connectivity index (χ4v) is 2.12. The van der Waals surface area contributed by atoms with E-state index in [9.17, 15) is 0 Å². The van der Waals surface area contributed by atoms with Crippen molar-refractivity contribution in [3.63, 3.8) is 0 Å². The van der Waals surface area contributed by atoms with E-state index >= 15 is 0 Å². The highest BCUT2D eigenvalue weighted by Gasteiger charge is 2.12. The second kappa shape index (κ2) is 6.45. The lowest BCUT2D eigenvalue weighted by Gasteiger charge is -2.11. The first-order chi connectivity index (χ1) is 8.38. The standard InChI is InChI=1S/C13H21N3O/c1-2-17-13-7-3-6-12(16-13)15-10-8-11-5-4-9-14-11/h3,6-7,11,14H,2,4-5,8-10H2,1H3,(H,15,16)/t11-/m0/s1. The lowest BCUT2D eigenvalue weighted by molar-refractivity contribution is 0.327. The Morgan fingerprint density at radius 1 is 1.53 bits per heavy atom. The number of anilines is 1. The molecule has 0 bridgehead atoms. The number of pyridine rings is 1. The van der Waals surface area contributed by atoms with Crippen molar-refractivity contribution in [2.75, 3.05) is 25.0 Å². The Balaban J connectivity index is 1.75. The number of hydrogen-bond acceptors (Lipinski definition) is 4. The number of nitrogens with zero attached hydrogens (tertiary/aromatic N) is 1. The van der Waals surface area contributed by atoms with Gasteiger partial charge in [-0.25, -0.2) is 0 Å². The quantitative estimate of drug-likeness (QED) is 0.792. The molecule has 17 heavy (non-hydrogen) atoms. The maximum absolute atomic E-state index is 5.36. The molecule has 1 aliphatic heterocycles. The molecule has 0 aliphatic carbocycles. The average Bonchev–Trinajstić information content (AvgIpc) is 2.83. The fourth-order valence-electron chi connectivity index (χ4n) is 2.12. The van der Waals surface area contributed by atoms with Gasteiger partial charge in [0, 0.05) is 18.7 Å². The van der Waals surface area contributed by atoms with Crippen molar-refractivity contribution in [1.29, 1.82) is 0 Å². The number of nitrogens with one attached hydrogen (secondary N) is 2. The summed E-state index contributed by atoms with van der Waals surface area (Å²) in [5.74, 6) is 1.59. The Morgan fingerprint density at radius 2 is 2.47 bits per heavy atom. The van der Waals surface area contributed by atoms with Crippen molar-refractivity contribution in [3.8, 4) is 5.88 Å². The lowest BCUT2D eigenvalue weighted by Crippen LogP contribution is -2.24. The third-order valence-corrected chi connectivity index (χ3v) is 2.98. The first kappa shape index (κ1) is 12.2. The van der Waals surface area contributed by atoms with Gasteiger partial charge in [-0.2, -0.15) is 4.98 Å². The van der Waals surface area contributed by atoms with E-state index in [1.165, 1.54) is 19.4 Å². The Morgan fingerprint density at radius 3 is 3.24 bits per heavy atom. The van der Waals surface area contributed by atoms with Gasteiger partial charge in [-0.3, -0.25) is 0 Å². The third-order valence-electron chi connectivity index (χ3n) is 2.98. The highest BCUT2D eigenvalue weighted by molar-refractivity contribution is 5.36. The average molecular weight is 235 g/mol. The van der Waals surface area contributed by atoms with Crippen molar-refractivity contribution in [1.82, 2.24) is 10.3 Å². The SMILES string of the molecule is CCOc1cccc(NCC[C@@H]2CCCN2)n1. The molecule has 1 aromatic heterocycles. The first-order valence-corrected chi connectivity index (χ1v) is 6.45. The summed E-state index contributed by atoms with van der Waals surface area (Å²) < 4.78 is 5.36. The molecular formula is C13H21N3O. The predicted octanol–water partition coefficient (Wildman–Crippen LogP) is 2.03. The topological polar surface area (TPSA) is 46.2 Å². The molecule has 0 spiro atoms. The van der Waals surface area contributed by atoms with Gasteiger partial charge in [-0.1, -0.05) is 6.07 Å². The van der Waals surface area contributed by atoms with E-state index in [0.717, 1.165) is 18.8 Å². The first-order valence-electron chi connectivity index (χ1n) is 6.45. The highest BCUT2D eigenvalue weighted by Crippen LogP contribution is 2.12. The number of ether oxygens (including phenoxy) is 1. The molecule has 0 unspecified atom stereocenters. The van der Waals surface area contributed by atoms with Gasteiger partial charge < -0.3 is 15.4 Å². The fraction of sp³-hybridized carbons (Fsp3) is 0.615. The summed E-state index contributed by atoms with van der Waals surface area (Å²) in [4.78, 5) is 4.37. The molecule has 1 fully saturated rings. The minimum Gasteiger partial charge on any atom is -0.478 e. The maximum Gasteiger partial charge on any atom is 0.215 e. The van der Waals surface area contributed by atoms with Crippen LogP contribution in [0.1, 0.15) is 26.2 Å². The maximum atomic E-state index is 5.36. The van der Waals surface area contributed by atoms with Crippen LogP contribution in [0.25, 0.3) is 0 Å². The molecule has 1 aliphatic rings. The molecule has 1 aromatic rings.